The first kappa shape index (κ1) is 15.8. The molecule has 2 N–H and O–H groups in total. The quantitative estimate of drug-likeness (QED) is 0.838. The normalized spacial score (nSPS) is 13.4. The van der Waals surface area contributed by atoms with Gasteiger partial charge >= 0.3 is 6.18 Å². The van der Waals surface area contributed by atoms with Crippen LogP contribution in [-0.4, -0.2) is 19.6 Å². The van der Waals surface area contributed by atoms with Crippen molar-refractivity contribution in [3.05, 3.63) is 29.6 Å². The van der Waals surface area contributed by atoms with Gasteiger partial charge < -0.3 is 10.6 Å². The van der Waals surface area contributed by atoms with Crippen LogP contribution in [0.1, 0.15) is 19.4 Å². The van der Waals surface area contributed by atoms with Crippen molar-refractivity contribution in [2.75, 3.05) is 24.5 Å². The Kier molecular flexibility index (Phi) is 5.17. The lowest BCUT2D eigenvalue weighted by Gasteiger charge is -2.26. The summed E-state index contributed by atoms with van der Waals surface area (Å²) >= 11 is 0. The van der Waals surface area contributed by atoms with Gasteiger partial charge in [0, 0.05) is 13.1 Å². The topological polar surface area (TPSA) is 29.3 Å². The monoisotopic (exact) mass is 278 g/mol. The van der Waals surface area contributed by atoms with Crippen molar-refractivity contribution >= 4 is 5.69 Å². The summed E-state index contributed by atoms with van der Waals surface area (Å²) in [5.41, 5.74) is 4.70. The number of nitrogens with zero attached hydrogens (tertiary/aromatic N) is 1. The van der Waals surface area contributed by atoms with Crippen molar-refractivity contribution in [1.29, 1.82) is 0 Å². The number of benzene rings is 1. The van der Waals surface area contributed by atoms with Gasteiger partial charge in [0.25, 0.3) is 0 Å². The molecule has 0 saturated carbocycles. The minimum Gasteiger partial charge on any atom is -0.369 e. The molecule has 0 amide bonds. The summed E-state index contributed by atoms with van der Waals surface area (Å²) < 4.78 is 51.2. The van der Waals surface area contributed by atoms with Crippen LogP contribution in [0.2, 0.25) is 0 Å². The van der Waals surface area contributed by atoms with E-state index in [-0.39, 0.29) is 11.6 Å². The van der Waals surface area contributed by atoms with Crippen LogP contribution in [-0.2, 0) is 6.18 Å². The second kappa shape index (κ2) is 6.23. The van der Waals surface area contributed by atoms with E-state index in [4.69, 9.17) is 5.73 Å². The Hall–Kier alpha value is -1.30. The highest BCUT2D eigenvalue weighted by Gasteiger charge is 2.31. The van der Waals surface area contributed by atoms with Gasteiger partial charge in [-0.05, 0) is 37.6 Å². The molecule has 108 valence electrons. The van der Waals surface area contributed by atoms with Crippen LogP contribution in [0.25, 0.3) is 0 Å². The van der Waals surface area contributed by atoms with E-state index >= 15 is 0 Å². The maximum Gasteiger partial charge on any atom is 0.416 e. The van der Waals surface area contributed by atoms with Gasteiger partial charge in [0.1, 0.15) is 5.82 Å². The predicted molar refractivity (Wildman–Crippen MR) is 67.5 cm³/mol. The molecule has 0 saturated heterocycles. The van der Waals surface area contributed by atoms with E-state index in [0.717, 1.165) is 6.07 Å². The molecule has 0 aliphatic carbocycles. The van der Waals surface area contributed by atoms with Crippen LogP contribution in [0.5, 0.6) is 0 Å². The van der Waals surface area contributed by atoms with Gasteiger partial charge in [0.05, 0.1) is 11.3 Å². The first-order chi connectivity index (χ1) is 8.79. The molecule has 2 nitrogen and oxygen atoms in total. The van der Waals surface area contributed by atoms with Gasteiger partial charge in [-0.2, -0.15) is 13.2 Å². The SMILES string of the molecule is CCN(CC(C)CN)c1ccc(C(F)(F)F)cc1F. The summed E-state index contributed by atoms with van der Waals surface area (Å²) in [6.07, 6.45) is -4.53. The molecule has 0 spiro atoms. The highest BCUT2D eigenvalue weighted by Crippen LogP contribution is 2.32. The zero-order valence-corrected chi connectivity index (χ0v) is 11.0. The number of nitrogens with two attached hydrogens (primary N) is 1. The van der Waals surface area contributed by atoms with E-state index < -0.39 is 17.6 Å². The number of alkyl halides is 3. The van der Waals surface area contributed by atoms with Gasteiger partial charge in [0.15, 0.2) is 0 Å². The number of hydrogen-bond donors (Lipinski definition) is 1. The fraction of sp³-hybridized carbons (Fsp3) is 0.538. The first-order valence-corrected chi connectivity index (χ1v) is 6.11. The second-order valence-electron chi connectivity index (χ2n) is 4.54. The summed E-state index contributed by atoms with van der Waals surface area (Å²) in [5.74, 6) is -0.720. The summed E-state index contributed by atoms with van der Waals surface area (Å²) in [6.45, 7) is 5.19. The largest absolute Gasteiger partial charge is 0.416 e. The maximum absolute atomic E-state index is 13.8. The molecular weight excluding hydrogens is 260 g/mol. The van der Waals surface area contributed by atoms with Crippen LogP contribution in [0.4, 0.5) is 23.2 Å². The van der Waals surface area contributed by atoms with Crippen molar-refractivity contribution in [2.45, 2.75) is 20.0 Å². The lowest BCUT2D eigenvalue weighted by Crippen LogP contribution is -2.32. The standard InChI is InChI=1S/C13H18F4N2/c1-3-19(8-9(2)7-18)12-5-4-10(6-11(12)14)13(15,16)17/h4-6,9H,3,7-8,18H2,1-2H3. The molecule has 1 unspecified atom stereocenters. The maximum atomic E-state index is 13.8. The van der Waals surface area contributed by atoms with Gasteiger partial charge in [0.2, 0.25) is 0 Å². The zero-order chi connectivity index (χ0) is 14.6. The Bertz CT molecular complexity index is 418. The van der Waals surface area contributed by atoms with E-state index in [1.807, 2.05) is 13.8 Å². The van der Waals surface area contributed by atoms with Gasteiger partial charge in [-0.15, -0.1) is 0 Å². The molecule has 0 aliphatic heterocycles. The summed E-state index contributed by atoms with van der Waals surface area (Å²) in [6, 6.07) is 2.60. The summed E-state index contributed by atoms with van der Waals surface area (Å²) in [5, 5.41) is 0. The van der Waals surface area contributed by atoms with E-state index in [2.05, 4.69) is 0 Å². The Morgan fingerprint density at radius 3 is 2.37 bits per heavy atom. The third-order valence-corrected chi connectivity index (χ3v) is 2.93. The third-order valence-electron chi connectivity index (χ3n) is 2.93. The number of hydrogen-bond acceptors (Lipinski definition) is 2. The second-order valence-corrected chi connectivity index (χ2v) is 4.54. The summed E-state index contributed by atoms with van der Waals surface area (Å²) in [7, 11) is 0. The third kappa shape index (κ3) is 4.09. The van der Waals surface area contributed by atoms with Gasteiger partial charge in [-0.3, -0.25) is 0 Å². The van der Waals surface area contributed by atoms with Crippen LogP contribution in [0.3, 0.4) is 0 Å². The number of halogens is 4. The van der Waals surface area contributed by atoms with Crippen LogP contribution in [0, 0.1) is 11.7 Å². The molecule has 0 aromatic heterocycles. The molecule has 0 aliphatic rings. The Labute approximate surface area is 110 Å². The van der Waals surface area contributed by atoms with Gasteiger partial charge in [-0.25, -0.2) is 4.39 Å². The van der Waals surface area contributed by atoms with E-state index in [1.54, 1.807) is 4.90 Å². The highest BCUT2D eigenvalue weighted by atomic mass is 19.4. The van der Waals surface area contributed by atoms with Crippen molar-refractivity contribution in [1.82, 2.24) is 0 Å². The van der Waals surface area contributed by atoms with Crippen molar-refractivity contribution in [3.8, 4) is 0 Å². The predicted octanol–water partition coefficient (Wildman–Crippen LogP) is 3.27. The molecule has 1 aromatic carbocycles. The molecule has 0 radical (unpaired) electrons. The molecule has 0 bridgehead atoms. The van der Waals surface area contributed by atoms with Crippen molar-refractivity contribution in [2.24, 2.45) is 11.7 Å². The lowest BCUT2D eigenvalue weighted by atomic mass is 10.1. The van der Waals surface area contributed by atoms with E-state index in [1.165, 1.54) is 6.07 Å². The molecule has 1 atom stereocenters. The molecule has 6 heteroatoms. The van der Waals surface area contributed by atoms with E-state index in [9.17, 15) is 17.6 Å². The van der Waals surface area contributed by atoms with Crippen molar-refractivity contribution in [3.63, 3.8) is 0 Å². The van der Waals surface area contributed by atoms with Crippen LogP contribution < -0.4 is 10.6 Å². The average molecular weight is 278 g/mol. The zero-order valence-electron chi connectivity index (χ0n) is 11.0. The smallest absolute Gasteiger partial charge is 0.369 e. The Balaban J connectivity index is 3.00. The number of anilines is 1. The Morgan fingerprint density at radius 1 is 1.32 bits per heavy atom. The highest BCUT2D eigenvalue weighted by molar-refractivity contribution is 5.49. The Morgan fingerprint density at radius 2 is 1.95 bits per heavy atom. The molecule has 0 heterocycles. The summed E-state index contributed by atoms with van der Waals surface area (Å²) in [4.78, 5) is 1.69. The first-order valence-electron chi connectivity index (χ1n) is 6.11. The average Bonchev–Trinajstić information content (AvgIpc) is 2.34. The minimum atomic E-state index is -4.53. The molecule has 0 fully saturated rings. The molecule has 1 rings (SSSR count). The number of rotatable bonds is 5. The minimum absolute atomic E-state index is 0.140. The van der Waals surface area contributed by atoms with Gasteiger partial charge in [-0.1, -0.05) is 6.92 Å². The lowest BCUT2D eigenvalue weighted by molar-refractivity contribution is -0.137. The fourth-order valence-corrected chi connectivity index (χ4v) is 1.79. The molecule has 19 heavy (non-hydrogen) atoms. The van der Waals surface area contributed by atoms with Crippen LogP contribution in [0.15, 0.2) is 18.2 Å². The molecular formula is C13H18F4N2. The molecule has 1 aromatic rings. The van der Waals surface area contributed by atoms with Crippen LogP contribution >= 0.6 is 0 Å². The fourth-order valence-electron chi connectivity index (χ4n) is 1.79. The van der Waals surface area contributed by atoms with Crippen molar-refractivity contribution < 1.29 is 17.6 Å². The van der Waals surface area contributed by atoms with E-state index in [0.29, 0.717) is 25.7 Å².